The summed E-state index contributed by atoms with van der Waals surface area (Å²) in [6.07, 6.45) is 20.0. The molecule has 44 heteroatoms. The summed E-state index contributed by atoms with van der Waals surface area (Å²) in [5.41, 5.74) is 12.9. The van der Waals surface area contributed by atoms with Gasteiger partial charge in [-0.15, -0.1) is 12.4 Å². The largest absolute Gasteiger partial charge is 0.481 e. The van der Waals surface area contributed by atoms with Crippen LogP contribution in [0.4, 0.5) is 60.6 Å². The molecule has 6 aromatic carbocycles. The lowest BCUT2D eigenvalue weighted by atomic mass is 9.93. The Morgan fingerprint density at radius 2 is 0.972 bits per heavy atom. The molecule has 7 fully saturated rings. The number of nitrogens with zero attached hydrogens (tertiary/aromatic N) is 14. The van der Waals surface area contributed by atoms with E-state index < -0.39 is 44.8 Å². The van der Waals surface area contributed by atoms with Gasteiger partial charge in [-0.25, -0.2) is 56.2 Å². The summed E-state index contributed by atoms with van der Waals surface area (Å²) >= 11 is 23.7. The van der Waals surface area contributed by atoms with Gasteiger partial charge in [0.05, 0.1) is 84.0 Å². The topological polar surface area (TPSA) is 472 Å². The number of carbonyl (C=O) groups excluding carboxylic acids is 1. The molecule has 13 N–H and O–H groups in total. The van der Waals surface area contributed by atoms with Crippen molar-refractivity contribution in [2.24, 2.45) is 10.8 Å². The van der Waals surface area contributed by atoms with E-state index in [1.807, 2.05) is 44.9 Å². The van der Waals surface area contributed by atoms with Gasteiger partial charge < -0.3 is 82.0 Å². The Bertz CT molecular complexity index is 6450. The van der Waals surface area contributed by atoms with Crippen molar-refractivity contribution in [2.45, 2.75) is 164 Å². The number of hydrogen-bond donors (Lipinski definition) is 11. The molecule has 11 aromatic rings. The highest BCUT2D eigenvalue weighted by atomic mass is 79.9. The quantitative estimate of drug-likeness (QED) is 0.0203. The second kappa shape index (κ2) is 53.6. The number of ether oxygens (including phenoxy) is 2. The highest BCUT2D eigenvalue weighted by molar-refractivity contribution is 9.11. The Kier molecular flexibility index (Phi) is 44.6. The lowest BCUT2D eigenvalue weighted by molar-refractivity contribution is -0.142. The number of piperidine rings is 2. The van der Waals surface area contributed by atoms with Gasteiger partial charge in [0.2, 0.25) is 17.7 Å². The molecule has 5 aromatic heterocycles. The van der Waals surface area contributed by atoms with Crippen molar-refractivity contribution >= 4 is 174 Å². The number of methoxy groups -OCH3 is 2. The number of rotatable bonds is 19. The number of aliphatic hydroxyl groups is 3. The van der Waals surface area contributed by atoms with Gasteiger partial charge in [-0.3, -0.25) is 29.1 Å². The zero-order chi connectivity index (χ0) is 103. The summed E-state index contributed by atoms with van der Waals surface area (Å²) in [6, 6.07) is 24.3. The number of carboxylic acids is 1. The number of nitrogen functional groups attached to an aromatic ring is 2. The highest BCUT2D eigenvalue weighted by Crippen LogP contribution is 2.51. The minimum absolute atomic E-state index is 0. The van der Waals surface area contributed by atoms with Gasteiger partial charge in [-0.1, -0.05) is 124 Å². The lowest BCUT2D eigenvalue weighted by Crippen LogP contribution is -2.34. The molecule has 5 saturated carbocycles. The molecule has 0 spiro atoms. The Morgan fingerprint density at radius 1 is 0.556 bits per heavy atom. The number of nitrogens with two attached hydrogens (primary N) is 2. The number of aliphatic hydroxyl groups excluding tert-OH is 3. The predicted octanol–water partition coefficient (Wildman–Crippen LogP) is 18.4. The summed E-state index contributed by atoms with van der Waals surface area (Å²) in [7, 11) is 8.65. The fourth-order valence-corrected chi connectivity index (χ4v) is 15.4. The van der Waals surface area contributed by atoms with Crippen LogP contribution in [0.2, 0.25) is 0 Å². The van der Waals surface area contributed by atoms with Gasteiger partial charge in [0, 0.05) is 135 Å². The molecule has 7 heterocycles. The Hall–Kier alpha value is -10.9. The molecule has 5 aliphatic carbocycles. The number of aromatic nitrogens is 10. The molecule has 142 heavy (non-hydrogen) atoms. The van der Waals surface area contributed by atoms with Crippen LogP contribution in [-0.4, -0.2) is 187 Å². The van der Waals surface area contributed by atoms with Crippen molar-refractivity contribution < 1.29 is 65.8 Å². The number of carboxylic acid groups (broad SMARTS) is 1. The van der Waals surface area contributed by atoms with Gasteiger partial charge in [-0.05, 0) is 190 Å². The number of anilines is 6. The number of nitriles is 3. The standard InChI is InChI=1S/C25H31FN6O2.C15H18FN3O2.2C12H10BrFN2O.C10H15N3O.C7H4BrFN2.C7H5FN2.C5H8O2.C3H9NO.CHCl3.CH4.ClH/c1-25(6-7-25)24-29-21-18(14-17(15-19(21)26)31(2)12-13-33)22(30-24)32-10-4-16(5-11-32)20-23(34-3)28-9-8-27-20;1-15(3-4-15)14-17-12-10(13(21)18-14)7-9(8-11(12)16)19(2)5-6-20;1-12(2-3-12)11-15-9-7(10(17)16-11)4-6(13)5-8(9)14;1-12(2-3-12)11(17)16-10-7(6-15)4-8(13)5-9(10)14;1-14-10-9(12-6-7-13-10)8-2-4-11-5-3-8;8-5-1-4(3-10)7(11)6(9)2-5;8-6-3-1-2-5(4-9)7(6)10;1-5(2-3-5)4(6)7;1-4-2-3-5;2-1(3)4;;/h8-9,14-16,33H,4-7,10-13H2,1-3H3;7-8,20H,3-6H2,1-2H3,(H,17,18,21);4-5H,2-3H2,1H3,(H,15,16,17);4-5H,2-3H2,1H3,(H,16,17);6-8,11H,2-5H2,1H3;1-2H,11H2;1-3H,10H2;2-3H2,1H3,(H,6,7);4-5H,2-3H2,1H3;1H;1H4;1H. The third-order valence-corrected chi connectivity index (χ3v) is 25.9. The van der Waals surface area contributed by atoms with E-state index in [0.717, 1.165) is 139 Å². The van der Waals surface area contributed by atoms with E-state index in [2.05, 4.69) is 120 Å². The number of H-pyrrole nitrogens is 2. The predicted molar refractivity (Wildman–Crippen MR) is 553 cm³/mol. The number of hydrogen-bond acceptors (Lipinski definition) is 27. The normalized spacial score (nSPS) is 15.5. The van der Waals surface area contributed by atoms with Crippen LogP contribution in [-0.2, 0) is 25.8 Å². The smallest absolute Gasteiger partial charge is 0.309 e. The minimum Gasteiger partial charge on any atom is -0.481 e. The maximum atomic E-state index is 15.3. The summed E-state index contributed by atoms with van der Waals surface area (Å²) in [5.74, 6) is 0.754. The van der Waals surface area contributed by atoms with E-state index in [9.17, 15) is 46.2 Å². The summed E-state index contributed by atoms with van der Waals surface area (Å²) in [4.78, 5) is 92.9. The zero-order valence-corrected chi connectivity index (χ0v) is 87.0. The zero-order valence-electron chi connectivity index (χ0n) is 79.1. The summed E-state index contributed by atoms with van der Waals surface area (Å²) in [6.45, 7) is 15.1. The molecule has 1 amide bonds. The molecule has 7 aliphatic rings. The van der Waals surface area contributed by atoms with Gasteiger partial charge in [0.25, 0.3) is 11.1 Å². The van der Waals surface area contributed by atoms with Gasteiger partial charge >= 0.3 is 5.97 Å². The van der Waals surface area contributed by atoms with Crippen LogP contribution < -0.4 is 62.7 Å². The van der Waals surface area contributed by atoms with Crippen LogP contribution in [0.5, 0.6) is 11.8 Å². The van der Waals surface area contributed by atoms with E-state index in [1.165, 1.54) is 60.7 Å². The lowest BCUT2D eigenvalue weighted by Gasteiger charge is -2.34. The number of amides is 1. The monoisotopic (exact) mass is 2240 g/mol. The number of carbonyl (C=O) groups is 2. The first kappa shape index (κ1) is 118. The molecule has 2 saturated heterocycles. The van der Waals surface area contributed by atoms with Crippen molar-refractivity contribution in [2.75, 3.05) is 132 Å². The molecule has 764 valence electrons. The number of alkyl halides is 3. The number of aliphatic carboxylic acids is 1. The number of likely N-dealkylation sites (N-methyl/N-ethyl adjacent to an activating group) is 3. The summed E-state index contributed by atoms with van der Waals surface area (Å²) in [5, 5.41) is 70.2. The van der Waals surface area contributed by atoms with Crippen LogP contribution in [0.3, 0.4) is 0 Å². The van der Waals surface area contributed by atoms with Gasteiger partial charge in [0.1, 0.15) is 86.9 Å². The minimum atomic E-state index is -0.750. The number of benzene rings is 6. The van der Waals surface area contributed by atoms with Crippen LogP contribution in [0.1, 0.15) is 189 Å². The van der Waals surface area contributed by atoms with Crippen LogP contribution >= 0.6 is 95.0 Å². The molecule has 31 nitrogen and oxygen atoms in total. The molecule has 2 aliphatic heterocycles. The van der Waals surface area contributed by atoms with Gasteiger partial charge in [0.15, 0.2) is 21.7 Å². The van der Waals surface area contributed by atoms with E-state index in [-0.39, 0.29) is 146 Å². The van der Waals surface area contributed by atoms with Crippen molar-refractivity contribution in [3.63, 3.8) is 0 Å². The number of para-hydroxylation sites is 1. The van der Waals surface area contributed by atoms with Crippen LogP contribution in [0.25, 0.3) is 32.7 Å². The highest BCUT2D eigenvalue weighted by Gasteiger charge is 2.48. The van der Waals surface area contributed by atoms with Crippen molar-refractivity contribution in [1.29, 1.82) is 15.8 Å². The van der Waals surface area contributed by atoms with Crippen LogP contribution in [0, 0.1) is 79.7 Å². The van der Waals surface area contributed by atoms with E-state index >= 15 is 4.39 Å². The Labute approximate surface area is 865 Å². The average molecular weight is 2240 g/mol. The van der Waals surface area contributed by atoms with Crippen molar-refractivity contribution in [3.05, 3.63) is 218 Å². The van der Waals surface area contributed by atoms with Crippen molar-refractivity contribution in [3.8, 4) is 30.0 Å². The number of nitrogens with one attached hydrogen (secondary N) is 5. The fourth-order valence-electron chi connectivity index (χ4n) is 14.2. The first-order valence-corrected chi connectivity index (χ1v) is 48.3. The molecular formula is C98H116Br3Cl4F6N21O10. The Morgan fingerprint density at radius 3 is 1.39 bits per heavy atom. The van der Waals surface area contributed by atoms with E-state index in [1.54, 1.807) is 89.2 Å². The Balaban J connectivity index is 0.000000225. The third-order valence-electron chi connectivity index (χ3n) is 24.5. The molecule has 18 rings (SSSR count). The van der Waals surface area contributed by atoms with E-state index in [0.29, 0.717) is 84.7 Å². The molecule has 0 atom stereocenters. The second-order valence-corrected chi connectivity index (χ2v) is 40.2. The first-order valence-electron chi connectivity index (χ1n) is 44.6. The number of halogens is 13. The van der Waals surface area contributed by atoms with Crippen molar-refractivity contribution in [1.82, 2.24) is 60.5 Å². The summed E-state index contributed by atoms with van der Waals surface area (Å²) < 4.78 is 93.7. The molecule has 0 unspecified atom stereocenters. The average Bonchev–Trinajstić information content (AvgIpc) is 1.62. The molecule has 0 bridgehead atoms. The maximum absolute atomic E-state index is 15.3. The molecular weight excluding hydrogens is 2130 g/mol. The van der Waals surface area contributed by atoms with Gasteiger partial charge in [-0.2, -0.15) is 15.8 Å². The fraction of sp³-hybridized carbons (Fsp3) is 0.439. The number of fused-ring (bicyclic) bond motifs is 3. The second-order valence-electron chi connectivity index (χ2n) is 35.4. The van der Waals surface area contributed by atoms with Crippen LogP contribution in [0.15, 0.2) is 127 Å². The number of aromatic amines is 2. The maximum Gasteiger partial charge on any atom is 0.309 e. The SMILES string of the molecule is C.CC1(C(=O)Nc2c(F)cc(Br)cc2C#N)CC1.CC1(C(=O)O)CC1.CC1(c2nc3c(F)cc(Br)cc3c(=O)[nH]2)CC1.CN(CCO)c1cc(F)c2nc(C3(C)CC3)[nH]c(=O)c2c1.CNCCO.COc1nccnc1C1CCN(c2nc(C3(C)CC3)nc3c(F)cc(N(C)CCO)cc23)CC1.COc1nccnc1C1CCNCC1.Cl.ClC(Cl)Cl.N#Cc1cc(Br)cc(F)c1N.N#Cc1cccc(F)c1N. The molecule has 0 radical (unpaired) electrons. The first-order chi connectivity index (χ1) is 66.4. The third kappa shape index (κ3) is 32.3. The van der Waals surface area contributed by atoms with E-state index in [4.69, 9.17) is 91.8 Å².